The van der Waals surface area contributed by atoms with Crippen LogP contribution >= 0.6 is 22.6 Å². The van der Waals surface area contributed by atoms with Crippen LogP contribution < -0.4 is 0 Å². The van der Waals surface area contributed by atoms with Gasteiger partial charge in [0.15, 0.2) is 0 Å². The Hall–Kier alpha value is -1.04. The fourth-order valence-electron chi connectivity index (χ4n) is 1.46. The first-order chi connectivity index (χ1) is 8.06. The minimum Gasteiger partial charge on any atom is -0.507 e. The zero-order valence-corrected chi connectivity index (χ0v) is 12.0. The molecule has 0 fully saturated rings. The summed E-state index contributed by atoms with van der Waals surface area (Å²) >= 11 is 2.12. The molecule has 1 N–H and O–H groups in total. The molecular weight excluding hydrogens is 329 g/mol. The van der Waals surface area contributed by atoms with Crippen molar-refractivity contribution >= 4 is 28.5 Å². The molecule has 0 heterocycles. The van der Waals surface area contributed by atoms with Crippen LogP contribution in [0.15, 0.2) is 30.9 Å². The van der Waals surface area contributed by atoms with Gasteiger partial charge in [-0.05, 0) is 53.6 Å². The topological polar surface area (TPSA) is 40.5 Å². The van der Waals surface area contributed by atoms with Crippen LogP contribution in [0, 0.1) is 3.57 Å². The van der Waals surface area contributed by atoms with E-state index in [1.807, 2.05) is 6.08 Å². The second kappa shape index (κ2) is 6.64. The first-order valence-electron chi connectivity index (χ1n) is 5.41. The number of nitrogens with zero attached hydrogens (tertiary/aromatic N) is 1. The summed E-state index contributed by atoms with van der Waals surface area (Å²) < 4.78 is 0.934. The van der Waals surface area contributed by atoms with Crippen LogP contribution in [0.1, 0.15) is 23.2 Å². The molecule has 1 amide bonds. The van der Waals surface area contributed by atoms with E-state index in [0.717, 1.165) is 16.4 Å². The molecule has 1 aromatic carbocycles. The lowest BCUT2D eigenvalue weighted by molar-refractivity contribution is 0.0791. The molecule has 0 aliphatic rings. The van der Waals surface area contributed by atoms with Gasteiger partial charge < -0.3 is 10.0 Å². The monoisotopic (exact) mass is 345 g/mol. The number of unbranched alkanes of at least 4 members (excludes halogenated alkanes) is 1. The molecule has 1 aromatic rings. The number of benzene rings is 1. The fraction of sp³-hybridized carbons (Fsp3) is 0.308. The maximum absolute atomic E-state index is 12.0. The Morgan fingerprint density at radius 2 is 2.29 bits per heavy atom. The molecule has 0 saturated carbocycles. The summed E-state index contributed by atoms with van der Waals surface area (Å²) in [5.74, 6) is -0.115. The van der Waals surface area contributed by atoms with Crippen molar-refractivity contribution in [3.63, 3.8) is 0 Å². The molecular formula is C13H16INO2. The summed E-state index contributed by atoms with van der Waals surface area (Å²) in [4.78, 5) is 13.7. The molecule has 0 saturated heterocycles. The number of phenolic OH excluding ortho intramolecular Hbond substituents is 1. The number of carbonyl (C=O) groups excluding carboxylic acids is 1. The lowest BCUT2D eigenvalue weighted by Crippen LogP contribution is -2.27. The van der Waals surface area contributed by atoms with Crippen LogP contribution in [0.3, 0.4) is 0 Å². The number of hydrogen-bond acceptors (Lipinski definition) is 2. The van der Waals surface area contributed by atoms with Gasteiger partial charge in [-0.2, -0.15) is 0 Å². The Morgan fingerprint density at radius 3 is 2.94 bits per heavy atom. The van der Waals surface area contributed by atoms with E-state index in [9.17, 15) is 9.90 Å². The number of allylic oxidation sites excluding steroid dienone is 1. The smallest absolute Gasteiger partial charge is 0.257 e. The normalized spacial score (nSPS) is 10.0. The van der Waals surface area contributed by atoms with Crippen molar-refractivity contribution in [3.8, 4) is 5.75 Å². The lowest BCUT2D eigenvalue weighted by Gasteiger charge is -2.17. The van der Waals surface area contributed by atoms with Gasteiger partial charge in [-0.15, -0.1) is 6.58 Å². The highest BCUT2D eigenvalue weighted by Gasteiger charge is 2.15. The zero-order chi connectivity index (χ0) is 12.8. The van der Waals surface area contributed by atoms with Gasteiger partial charge in [0.25, 0.3) is 5.91 Å². The van der Waals surface area contributed by atoms with Gasteiger partial charge in [-0.1, -0.05) is 6.08 Å². The molecule has 1 rings (SSSR count). The molecule has 0 radical (unpaired) electrons. The van der Waals surface area contributed by atoms with Crippen LogP contribution in [0.2, 0.25) is 0 Å². The Labute approximate surface area is 115 Å². The van der Waals surface area contributed by atoms with E-state index in [0.29, 0.717) is 12.1 Å². The Bertz CT molecular complexity index is 418. The van der Waals surface area contributed by atoms with Crippen LogP contribution in [0.4, 0.5) is 0 Å². The van der Waals surface area contributed by atoms with Gasteiger partial charge in [0, 0.05) is 17.2 Å². The second-order valence-corrected chi connectivity index (χ2v) is 5.06. The number of rotatable bonds is 5. The molecule has 0 aliphatic carbocycles. The number of carbonyl (C=O) groups is 1. The van der Waals surface area contributed by atoms with E-state index in [1.54, 1.807) is 30.1 Å². The Balaban J connectivity index is 2.74. The molecule has 0 unspecified atom stereocenters. The van der Waals surface area contributed by atoms with E-state index >= 15 is 0 Å². The standard InChI is InChI=1S/C13H16INO2/c1-3-4-5-8-15(2)13(17)11-9-10(14)6-7-12(11)16/h3,6-7,9,16H,1,4-5,8H2,2H3. The molecule has 92 valence electrons. The predicted molar refractivity (Wildman–Crippen MR) is 77.2 cm³/mol. The van der Waals surface area contributed by atoms with E-state index in [-0.39, 0.29) is 11.7 Å². The number of amides is 1. The van der Waals surface area contributed by atoms with Crippen LogP contribution in [0.5, 0.6) is 5.75 Å². The SMILES string of the molecule is C=CCCCN(C)C(=O)c1cc(I)ccc1O. The lowest BCUT2D eigenvalue weighted by atomic mass is 10.1. The van der Waals surface area contributed by atoms with Crippen molar-refractivity contribution in [1.29, 1.82) is 0 Å². The summed E-state index contributed by atoms with van der Waals surface area (Å²) in [6, 6.07) is 5.01. The van der Waals surface area contributed by atoms with Crippen LogP contribution in [0.25, 0.3) is 0 Å². The highest BCUT2D eigenvalue weighted by atomic mass is 127. The summed E-state index contributed by atoms with van der Waals surface area (Å²) in [5, 5.41) is 9.66. The van der Waals surface area contributed by atoms with Gasteiger partial charge >= 0.3 is 0 Å². The van der Waals surface area contributed by atoms with Gasteiger partial charge in [-0.3, -0.25) is 4.79 Å². The minimum absolute atomic E-state index is 0.0333. The summed E-state index contributed by atoms with van der Waals surface area (Å²) in [6.45, 7) is 4.30. The molecule has 17 heavy (non-hydrogen) atoms. The van der Waals surface area contributed by atoms with Gasteiger partial charge in [0.1, 0.15) is 5.75 Å². The first-order valence-corrected chi connectivity index (χ1v) is 6.49. The van der Waals surface area contributed by atoms with Crippen molar-refractivity contribution in [2.45, 2.75) is 12.8 Å². The third-order valence-electron chi connectivity index (χ3n) is 2.44. The summed E-state index contributed by atoms with van der Waals surface area (Å²) in [5.41, 5.74) is 0.359. The maximum atomic E-state index is 12.0. The van der Waals surface area contributed by atoms with E-state index in [1.165, 1.54) is 0 Å². The number of phenols is 1. The Morgan fingerprint density at radius 1 is 1.59 bits per heavy atom. The van der Waals surface area contributed by atoms with Crippen molar-refractivity contribution in [1.82, 2.24) is 4.90 Å². The van der Waals surface area contributed by atoms with E-state index < -0.39 is 0 Å². The highest BCUT2D eigenvalue weighted by Crippen LogP contribution is 2.21. The average Bonchev–Trinajstić information content (AvgIpc) is 2.31. The van der Waals surface area contributed by atoms with Gasteiger partial charge in [-0.25, -0.2) is 0 Å². The van der Waals surface area contributed by atoms with Crippen molar-refractivity contribution < 1.29 is 9.90 Å². The molecule has 0 spiro atoms. The van der Waals surface area contributed by atoms with Crippen molar-refractivity contribution in [2.24, 2.45) is 0 Å². The second-order valence-electron chi connectivity index (χ2n) is 3.82. The van der Waals surface area contributed by atoms with Crippen LogP contribution in [-0.4, -0.2) is 29.5 Å². The maximum Gasteiger partial charge on any atom is 0.257 e. The zero-order valence-electron chi connectivity index (χ0n) is 9.82. The summed E-state index contributed by atoms with van der Waals surface area (Å²) in [7, 11) is 1.74. The molecule has 0 aliphatic heterocycles. The van der Waals surface area contributed by atoms with E-state index in [4.69, 9.17) is 0 Å². The third kappa shape index (κ3) is 4.03. The van der Waals surface area contributed by atoms with Crippen LogP contribution in [-0.2, 0) is 0 Å². The Kier molecular flexibility index (Phi) is 5.47. The predicted octanol–water partition coefficient (Wildman–Crippen LogP) is 3.04. The number of hydrogen-bond donors (Lipinski definition) is 1. The minimum atomic E-state index is -0.148. The molecule has 4 heteroatoms. The fourth-order valence-corrected chi connectivity index (χ4v) is 1.95. The average molecular weight is 345 g/mol. The van der Waals surface area contributed by atoms with E-state index in [2.05, 4.69) is 29.2 Å². The molecule has 0 atom stereocenters. The largest absolute Gasteiger partial charge is 0.507 e. The first kappa shape index (κ1) is 14.0. The highest BCUT2D eigenvalue weighted by molar-refractivity contribution is 14.1. The number of aromatic hydroxyl groups is 1. The number of halogens is 1. The molecule has 3 nitrogen and oxygen atoms in total. The van der Waals surface area contributed by atoms with Gasteiger partial charge in [0.05, 0.1) is 5.56 Å². The van der Waals surface area contributed by atoms with Crippen molar-refractivity contribution in [2.75, 3.05) is 13.6 Å². The van der Waals surface area contributed by atoms with Gasteiger partial charge in [0.2, 0.25) is 0 Å². The summed E-state index contributed by atoms with van der Waals surface area (Å²) in [6.07, 6.45) is 3.60. The third-order valence-corrected chi connectivity index (χ3v) is 3.11. The van der Waals surface area contributed by atoms with Crippen molar-refractivity contribution in [3.05, 3.63) is 40.0 Å². The molecule has 0 bridgehead atoms. The quantitative estimate of drug-likeness (QED) is 0.506. The molecule has 0 aromatic heterocycles.